The summed E-state index contributed by atoms with van der Waals surface area (Å²) in [5.41, 5.74) is 2.12. The molecule has 2 unspecified atom stereocenters. The molecule has 2 atom stereocenters. The number of aromatic nitrogens is 2. The van der Waals surface area contributed by atoms with Crippen molar-refractivity contribution in [2.45, 2.75) is 25.5 Å². The number of hydrogen-bond acceptors (Lipinski definition) is 5. The second-order valence-electron chi connectivity index (χ2n) is 5.17. The highest BCUT2D eigenvalue weighted by Gasteiger charge is 2.33. The molecule has 1 aromatic heterocycles. The monoisotopic (exact) mass is 259 g/mol. The number of β-amino-alcohol motifs (C(OH)–C–C–N with tert-alkyl or cyclic N) is 1. The number of aliphatic hydroxyl groups excluding tert-OH is 1. The minimum atomic E-state index is -0.315. The molecule has 1 aliphatic rings. The SMILES string of the molecule is Cc1cccc(-c2noc(C3CC(O)CN3C)n2)c1. The Morgan fingerprint density at radius 3 is 2.95 bits per heavy atom. The van der Waals surface area contributed by atoms with Crippen molar-refractivity contribution >= 4 is 0 Å². The highest BCUT2D eigenvalue weighted by Crippen LogP contribution is 2.30. The molecule has 5 heteroatoms. The zero-order valence-corrected chi connectivity index (χ0v) is 11.1. The number of nitrogens with zero attached hydrogens (tertiary/aromatic N) is 3. The third-order valence-corrected chi connectivity index (χ3v) is 3.53. The number of rotatable bonds is 2. The van der Waals surface area contributed by atoms with Gasteiger partial charge >= 0.3 is 0 Å². The van der Waals surface area contributed by atoms with Gasteiger partial charge in [-0.05, 0) is 26.5 Å². The van der Waals surface area contributed by atoms with Gasteiger partial charge in [-0.2, -0.15) is 4.98 Å². The maximum Gasteiger partial charge on any atom is 0.244 e. The molecule has 1 aromatic carbocycles. The van der Waals surface area contributed by atoms with Gasteiger partial charge in [0.2, 0.25) is 11.7 Å². The molecule has 2 aromatic rings. The van der Waals surface area contributed by atoms with E-state index in [1.165, 1.54) is 0 Å². The summed E-state index contributed by atoms with van der Waals surface area (Å²) in [4.78, 5) is 6.50. The molecule has 0 saturated carbocycles. The Hall–Kier alpha value is -1.72. The normalized spacial score (nSPS) is 23.9. The van der Waals surface area contributed by atoms with Crippen molar-refractivity contribution in [3.05, 3.63) is 35.7 Å². The van der Waals surface area contributed by atoms with Gasteiger partial charge in [-0.15, -0.1) is 0 Å². The zero-order valence-electron chi connectivity index (χ0n) is 11.1. The quantitative estimate of drug-likeness (QED) is 0.890. The Kier molecular flexibility index (Phi) is 3.08. The van der Waals surface area contributed by atoms with E-state index in [0.29, 0.717) is 24.7 Å². The minimum Gasteiger partial charge on any atom is -0.392 e. The molecule has 0 spiro atoms. The number of likely N-dealkylation sites (N-methyl/N-ethyl adjacent to an activating group) is 1. The number of aryl methyl sites for hydroxylation is 1. The van der Waals surface area contributed by atoms with Crippen LogP contribution in [0.4, 0.5) is 0 Å². The van der Waals surface area contributed by atoms with Gasteiger partial charge in [-0.3, -0.25) is 4.90 Å². The molecule has 3 rings (SSSR count). The van der Waals surface area contributed by atoms with Crippen molar-refractivity contribution in [3.8, 4) is 11.4 Å². The fourth-order valence-corrected chi connectivity index (χ4v) is 2.53. The average molecular weight is 259 g/mol. The molecule has 0 bridgehead atoms. The van der Waals surface area contributed by atoms with Crippen molar-refractivity contribution in [1.82, 2.24) is 15.0 Å². The zero-order chi connectivity index (χ0) is 13.4. The second kappa shape index (κ2) is 4.75. The van der Waals surface area contributed by atoms with Crippen LogP contribution in [0, 0.1) is 6.92 Å². The topological polar surface area (TPSA) is 62.4 Å². The maximum absolute atomic E-state index is 9.66. The van der Waals surface area contributed by atoms with E-state index in [9.17, 15) is 5.11 Å². The van der Waals surface area contributed by atoms with E-state index in [-0.39, 0.29) is 12.1 Å². The molecule has 5 nitrogen and oxygen atoms in total. The minimum absolute atomic E-state index is 0.0149. The van der Waals surface area contributed by atoms with Crippen molar-refractivity contribution in [3.63, 3.8) is 0 Å². The summed E-state index contributed by atoms with van der Waals surface area (Å²) in [7, 11) is 1.96. The molecule has 1 aliphatic heterocycles. The average Bonchev–Trinajstić information content (AvgIpc) is 2.96. The van der Waals surface area contributed by atoms with Crippen LogP contribution in [0.2, 0.25) is 0 Å². The third-order valence-electron chi connectivity index (χ3n) is 3.53. The Labute approximate surface area is 111 Å². The lowest BCUT2D eigenvalue weighted by Gasteiger charge is -2.13. The first kappa shape index (κ1) is 12.3. The molecule has 1 fully saturated rings. The van der Waals surface area contributed by atoms with E-state index in [4.69, 9.17) is 4.52 Å². The highest BCUT2D eigenvalue weighted by molar-refractivity contribution is 5.55. The van der Waals surface area contributed by atoms with Gasteiger partial charge in [0.25, 0.3) is 0 Å². The van der Waals surface area contributed by atoms with Gasteiger partial charge in [-0.25, -0.2) is 0 Å². The number of aliphatic hydroxyl groups is 1. The summed E-state index contributed by atoms with van der Waals surface area (Å²) in [6, 6.07) is 8.02. The van der Waals surface area contributed by atoms with Crippen LogP contribution in [0.1, 0.15) is 23.9 Å². The first-order valence-corrected chi connectivity index (χ1v) is 6.42. The van der Waals surface area contributed by atoms with E-state index < -0.39 is 0 Å². The molecular formula is C14H17N3O2. The number of likely N-dealkylation sites (tertiary alicyclic amines) is 1. The van der Waals surface area contributed by atoms with Crippen LogP contribution in [-0.4, -0.2) is 39.8 Å². The third kappa shape index (κ3) is 2.39. The van der Waals surface area contributed by atoms with Crippen LogP contribution < -0.4 is 0 Å². The van der Waals surface area contributed by atoms with Crippen LogP contribution in [0.25, 0.3) is 11.4 Å². The van der Waals surface area contributed by atoms with Crippen LogP contribution in [-0.2, 0) is 0 Å². The van der Waals surface area contributed by atoms with Gasteiger partial charge in [0.05, 0.1) is 12.1 Å². The van der Waals surface area contributed by atoms with Crippen LogP contribution >= 0.6 is 0 Å². The Bertz CT molecular complexity index is 582. The van der Waals surface area contributed by atoms with Gasteiger partial charge in [0, 0.05) is 12.1 Å². The standard InChI is InChI=1S/C14H17N3O2/c1-9-4-3-5-10(6-9)13-15-14(19-16-13)12-7-11(18)8-17(12)2/h3-6,11-12,18H,7-8H2,1-2H3. The van der Waals surface area contributed by atoms with Crippen molar-refractivity contribution in [2.75, 3.05) is 13.6 Å². The predicted molar refractivity (Wildman–Crippen MR) is 70.5 cm³/mol. The van der Waals surface area contributed by atoms with E-state index in [2.05, 4.69) is 10.1 Å². The fraction of sp³-hybridized carbons (Fsp3) is 0.429. The van der Waals surface area contributed by atoms with Crippen molar-refractivity contribution in [2.24, 2.45) is 0 Å². The molecule has 0 amide bonds. The second-order valence-corrected chi connectivity index (χ2v) is 5.17. The molecule has 100 valence electrons. The Morgan fingerprint density at radius 1 is 1.42 bits per heavy atom. The molecule has 0 radical (unpaired) electrons. The molecule has 1 N–H and O–H groups in total. The van der Waals surface area contributed by atoms with E-state index in [1.807, 2.05) is 43.1 Å². The van der Waals surface area contributed by atoms with E-state index >= 15 is 0 Å². The predicted octanol–water partition coefficient (Wildman–Crippen LogP) is 1.78. The Balaban J connectivity index is 1.87. The van der Waals surface area contributed by atoms with Gasteiger partial charge in [-0.1, -0.05) is 28.9 Å². The number of hydrogen-bond donors (Lipinski definition) is 1. The molecule has 1 saturated heterocycles. The van der Waals surface area contributed by atoms with Crippen LogP contribution in [0.3, 0.4) is 0 Å². The van der Waals surface area contributed by atoms with Crippen molar-refractivity contribution in [1.29, 1.82) is 0 Å². The summed E-state index contributed by atoms with van der Waals surface area (Å²) >= 11 is 0. The lowest BCUT2D eigenvalue weighted by Crippen LogP contribution is -2.19. The highest BCUT2D eigenvalue weighted by atomic mass is 16.5. The van der Waals surface area contributed by atoms with Crippen LogP contribution in [0.15, 0.2) is 28.8 Å². The maximum atomic E-state index is 9.66. The largest absolute Gasteiger partial charge is 0.392 e. The summed E-state index contributed by atoms with van der Waals surface area (Å²) in [6.45, 7) is 2.68. The summed E-state index contributed by atoms with van der Waals surface area (Å²) in [6.07, 6.45) is 0.329. The lowest BCUT2D eigenvalue weighted by molar-refractivity contribution is 0.182. The Morgan fingerprint density at radius 2 is 2.26 bits per heavy atom. The first-order chi connectivity index (χ1) is 9.13. The van der Waals surface area contributed by atoms with Gasteiger partial charge in [0.15, 0.2) is 0 Å². The lowest BCUT2D eigenvalue weighted by atomic mass is 10.1. The fourth-order valence-electron chi connectivity index (χ4n) is 2.53. The summed E-state index contributed by atoms with van der Waals surface area (Å²) < 4.78 is 5.35. The van der Waals surface area contributed by atoms with E-state index in [1.54, 1.807) is 0 Å². The smallest absolute Gasteiger partial charge is 0.244 e. The summed E-state index contributed by atoms with van der Waals surface area (Å²) in [5.74, 6) is 1.18. The van der Waals surface area contributed by atoms with Gasteiger partial charge < -0.3 is 9.63 Å². The first-order valence-electron chi connectivity index (χ1n) is 6.42. The van der Waals surface area contributed by atoms with Crippen LogP contribution in [0.5, 0.6) is 0 Å². The molecule has 19 heavy (non-hydrogen) atoms. The molecular weight excluding hydrogens is 242 g/mol. The number of benzene rings is 1. The molecule has 2 heterocycles. The van der Waals surface area contributed by atoms with Gasteiger partial charge in [0.1, 0.15) is 0 Å². The summed E-state index contributed by atoms with van der Waals surface area (Å²) in [5, 5.41) is 13.7. The molecule has 0 aliphatic carbocycles. The van der Waals surface area contributed by atoms with E-state index in [0.717, 1.165) is 11.1 Å². The van der Waals surface area contributed by atoms with Crippen molar-refractivity contribution < 1.29 is 9.63 Å².